The zero-order chi connectivity index (χ0) is 11.6. The van der Waals surface area contributed by atoms with Crippen LogP contribution < -0.4 is 5.73 Å². The molecule has 0 aliphatic carbocycles. The van der Waals surface area contributed by atoms with E-state index in [2.05, 4.69) is 0 Å². The summed E-state index contributed by atoms with van der Waals surface area (Å²) in [6, 6.07) is -0.458. The van der Waals surface area contributed by atoms with E-state index in [1.807, 2.05) is 0 Å². The van der Waals surface area contributed by atoms with E-state index in [4.69, 9.17) is 10.8 Å². The lowest BCUT2D eigenvalue weighted by Gasteiger charge is -2.38. The van der Waals surface area contributed by atoms with Crippen LogP contribution >= 0.6 is 0 Å². The van der Waals surface area contributed by atoms with Gasteiger partial charge in [0, 0.05) is 13.1 Å². The lowest BCUT2D eigenvalue weighted by atomic mass is 9.74. The molecule has 1 saturated heterocycles. The van der Waals surface area contributed by atoms with Crippen LogP contribution in [0.15, 0.2) is 0 Å². The van der Waals surface area contributed by atoms with Crippen molar-refractivity contribution in [3.05, 3.63) is 0 Å². The number of aliphatic carboxylic acids is 1. The first-order valence-electron chi connectivity index (χ1n) is 5.13. The van der Waals surface area contributed by atoms with Gasteiger partial charge in [0.05, 0.1) is 5.41 Å². The normalized spacial score (nSPS) is 22.5. The molecule has 0 aromatic carbocycles. The molecule has 2 amide bonds. The minimum absolute atomic E-state index is 0.0174. The number of amides is 2. The molecule has 1 heterocycles. The molecule has 1 rings (SSSR count). The summed E-state index contributed by atoms with van der Waals surface area (Å²) in [5, 5.41) is 9.08. The lowest BCUT2D eigenvalue weighted by molar-refractivity contribution is -0.151. The molecule has 15 heavy (non-hydrogen) atoms. The Morgan fingerprint density at radius 1 is 1.47 bits per heavy atom. The highest BCUT2D eigenvalue weighted by atomic mass is 16.4. The molecule has 5 heteroatoms. The maximum atomic E-state index is 11.1. The van der Waals surface area contributed by atoms with Crippen LogP contribution in [0.25, 0.3) is 0 Å². The van der Waals surface area contributed by atoms with E-state index in [1.54, 1.807) is 13.8 Å². The summed E-state index contributed by atoms with van der Waals surface area (Å²) in [7, 11) is 0. The number of rotatable bonds is 2. The quantitative estimate of drug-likeness (QED) is 0.716. The minimum Gasteiger partial charge on any atom is -0.481 e. The SMILES string of the molecule is CC(C)(C(=O)O)C1CCCN(C(N)=O)C1. The standard InChI is InChI=1S/C10H18N2O3/c1-10(2,8(13)14)7-4-3-5-12(6-7)9(11)15/h7H,3-6H2,1-2H3,(H2,11,15)(H,13,14). The third-order valence-electron chi connectivity index (χ3n) is 3.30. The molecule has 0 saturated carbocycles. The van der Waals surface area contributed by atoms with Crippen molar-refractivity contribution in [2.45, 2.75) is 26.7 Å². The van der Waals surface area contributed by atoms with Crippen LogP contribution in [0.2, 0.25) is 0 Å². The number of carbonyl (C=O) groups is 2. The number of hydrogen-bond acceptors (Lipinski definition) is 2. The van der Waals surface area contributed by atoms with Gasteiger partial charge in [-0.2, -0.15) is 0 Å². The van der Waals surface area contributed by atoms with Gasteiger partial charge in [-0.25, -0.2) is 4.79 Å². The fraction of sp³-hybridized carbons (Fsp3) is 0.800. The van der Waals surface area contributed by atoms with Crippen LogP contribution in [0.1, 0.15) is 26.7 Å². The molecule has 0 radical (unpaired) electrons. The predicted octanol–water partition coefficient (Wildman–Crippen LogP) is 0.888. The Kier molecular flexibility index (Phi) is 3.21. The number of likely N-dealkylation sites (tertiary alicyclic amines) is 1. The van der Waals surface area contributed by atoms with Crippen molar-refractivity contribution >= 4 is 12.0 Å². The summed E-state index contributed by atoms with van der Waals surface area (Å²) in [5.41, 5.74) is 4.39. The minimum atomic E-state index is -0.821. The van der Waals surface area contributed by atoms with Crippen molar-refractivity contribution in [2.24, 2.45) is 17.1 Å². The van der Waals surface area contributed by atoms with Crippen LogP contribution in [-0.4, -0.2) is 35.1 Å². The van der Waals surface area contributed by atoms with Gasteiger partial charge in [-0.1, -0.05) is 0 Å². The van der Waals surface area contributed by atoms with E-state index in [1.165, 1.54) is 4.90 Å². The second-order valence-corrected chi connectivity index (χ2v) is 4.65. The van der Waals surface area contributed by atoms with Crippen LogP contribution in [-0.2, 0) is 4.79 Å². The largest absolute Gasteiger partial charge is 0.481 e. The highest BCUT2D eigenvalue weighted by Crippen LogP contribution is 2.33. The predicted molar refractivity (Wildman–Crippen MR) is 55.3 cm³/mol. The number of nitrogens with zero attached hydrogens (tertiary/aromatic N) is 1. The van der Waals surface area contributed by atoms with E-state index in [9.17, 15) is 9.59 Å². The average molecular weight is 214 g/mol. The number of primary amides is 1. The van der Waals surface area contributed by atoms with Gasteiger partial charge in [-0.3, -0.25) is 4.79 Å². The molecule has 1 fully saturated rings. The van der Waals surface area contributed by atoms with Gasteiger partial charge < -0.3 is 15.7 Å². The van der Waals surface area contributed by atoms with Gasteiger partial charge in [0.15, 0.2) is 0 Å². The first-order chi connectivity index (χ1) is 6.85. The van der Waals surface area contributed by atoms with E-state index in [-0.39, 0.29) is 5.92 Å². The Morgan fingerprint density at radius 2 is 2.07 bits per heavy atom. The molecule has 5 nitrogen and oxygen atoms in total. The number of carbonyl (C=O) groups excluding carboxylic acids is 1. The third kappa shape index (κ3) is 2.40. The van der Waals surface area contributed by atoms with Gasteiger partial charge in [0.25, 0.3) is 0 Å². The first kappa shape index (κ1) is 11.8. The Balaban J connectivity index is 2.71. The van der Waals surface area contributed by atoms with Crippen molar-refractivity contribution in [3.8, 4) is 0 Å². The second-order valence-electron chi connectivity index (χ2n) is 4.65. The smallest absolute Gasteiger partial charge is 0.314 e. The van der Waals surface area contributed by atoms with E-state index in [0.717, 1.165) is 12.8 Å². The topological polar surface area (TPSA) is 83.6 Å². The average Bonchev–Trinajstić information content (AvgIpc) is 2.17. The number of carboxylic acids is 1. The molecule has 0 spiro atoms. The number of piperidine rings is 1. The summed E-state index contributed by atoms with van der Waals surface area (Å²) >= 11 is 0. The molecular weight excluding hydrogens is 196 g/mol. The summed E-state index contributed by atoms with van der Waals surface area (Å²) in [6.07, 6.45) is 1.66. The van der Waals surface area contributed by atoms with Gasteiger partial charge in [0.1, 0.15) is 0 Å². The second kappa shape index (κ2) is 4.08. The van der Waals surface area contributed by atoms with Gasteiger partial charge in [0.2, 0.25) is 0 Å². The molecule has 1 aliphatic rings. The molecule has 0 bridgehead atoms. The summed E-state index contributed by atoms with van der Waals surface area (Å²) in [5.74, 6) is -0.838. The summed E-state index contributed by atoms with van der Waals surface area (Å²) in [4.78, 5) is 23.6. The molecule has 86 valence electrons. The van der Waals surface area contributed by atoms with E-state index in [0.29, 0.717) is 13.1 Å². The fourth-order valence-electron chi connectivity index (χ4n) is 1.94. The van der Waals surface area contributed by atoms with Gasteiger partial charge >= 0.3 is 12.0 Å². The van der Waals surface area contributed by atoms with Crippen molar-refractivity contribution in [2.75, 3.05) is 13.1 Å². The number of carboxylic acid groups (broad SMARTS) is 1. The third-order valence-corrected chi connectivity index (χ3v) is 3.30. The molecule has 3 N–H and O–H groups in total. The zero-order valence-electron chi connectivity index (χ0n) is 9.19. The molecule has 1 unspecified atom stereocenters. The monoisotopic (exact) mass is 214 g/mol. The maximum absolute atomic E-state index is 11.1. The maximum Gasteiger partial charge on any atom is 0.314 e. The fourth-order valence-corrected chi connectivity index (χ4v) is 1.94. The van der Waals surface area contributed by atoms with Gasteiger partial charge in [-0.15, -0.1) is 0 Å². The van der Waals surface area contributed by atoms with Crippen molar-refractivity contribution in [1.82, 2.24) is 4.90 Å². The van der Waals surface area contributed by atoms with Crippen LogP contribution in [0, 0.1) is 11.3 Å². The lowest BCUT2D eigenvalue weighted by Crippen LogP contribution is -2.48. The summed E-state index contributed by atoms with van der Waals surface area (Å²) < 4.78 is 0. The van der Waals surface area contributed by atoms with Crippen molar-refractivity contribution in [1.29, 1.82) is 0 Å². The number of hydrogen-bond donors (Lipinski definition) is 2. The Labute approximate surface area is 89.2 Å². The number of nitrogens with two attached hydrogens (primary N) is 1. The highest BCUT2D eigenvalue weighted by molar-refractivity contribution is 5.75. The summed E-state index contributed by atoms with van der Waals surface area (Å²) in [6.45, 7) is 4.49. The van der Waals surface area contributed by atoms with E-state index >= 15 is 0 Å². The molecule has 1 aliphatic heterocycles. The van der Waals surface area contributed by atoms with Crippen LogP contribution in [0.5, 0.6) is 0 Å². The highest BCUT2D eigenvalue weighted by Gasteiger charge is 2.39. The van der Waals surface area contributed by atoms with Gasteiger partial charge in [-0.05, 0) is 32.6 Å². The van der Waals surface area contributed by atoms with Crippen molar-refractivity contribution in [3.63, 3.8) is 0 Å². The van der Waals surface area contributed by atoms with E-state index < -0.39 is 17.4 Å². The van der Waals surface area contributed by atoms with Crippen LogP contribution in [0.4, 0.5) is 4.79 Å². The molecule has 0 aromatic rings. The molecule has 0 aromatic heterocycles. The Hall–Kier alpha value is -1.26. The zero-order valence-corrected chi connectivity index (χ0v) is 9.19. The number of urea groups is 1. The molecule has 1 atom stereocenters. The van der Waals surface area contributed by atoms with Crippen molar-refractivity contribution < 1.29 is 14.7 Å². The Bertz CT molecular complexity index is 276. The van der Waals surface area contributed by atoms with Crippen LogP contribution in [0.3, 0.4) is 0 Å². The molecular formula is C10H18N2O3. The Morgan fingerprint density at radius 3 is 2.53 bits per heavy atom. The first-order valence-corrected chi connectivity index (χ1v) is 5.13.